The number of nitrogens with one attached hydrogen (secondary N) is 1. The van der Waals surface area contributed by atoms with E-state index in [-0.39, 0.29) is 18.5 Å². The summed E-state index contributed by atoms with van der Waals surface area (Å²) in [5, 5.41) is 18.7. The molecule has 2 atom stereocenters. The molecule has 0 saturated carbocycles. The fourth-order valence-corrected chi connectivity index (χ4v) is 3.60. The number of aromatic nitrogens is 3. The van der Waals surface area contributed by atoms with Gasteiger partial charge in [0.25, 0.3) is 0 Å². The number of benzene rings is 1. The highest BCUT2D eigenvalue weighted by Crippen LogP contribution is 2.15. The lowest BCUT2D eigenvalue weighted by atomic mass is 10.0. The Morgan fingerprint density at radius 2 is 2.11 bits per heavy atom. The third-order valence-electron chi connectivity index (χ3n) is 4.99. The van der Waals surface area contributed by atoms with Crippen LogP contribution in [-0.2, 0) is 17.9 Å². The molecule has 2 aromatic heterocycles. The molecule has 7 heteroatoms. The molecule has 0 spiro atoms. The predicted octanol–water partition coefficient (Wildman–Crippen LogP) is 1.18. The van der Waals surface area contributed by atoms with Crippen molar-refractivity contribution in [2.75, 3.05) is 13.1 Å². The zero-order valence-electron chi connectivity index (χ0n) is 15.0. The molecule has 1 saturated heterocycles. The van der Waals surface area contributed by atoms with E-state index in [1.54, 1.807) is 17.1 Å². The maximum Gasteiger partial charge on any atom is 0.242 e. The second kappa shape index (κ2) is 7.85. The summed E-state index contributed by atoms with van der Waals surface area (Å²) in [4.78, 5) is 18.7. The number of likely N-dealkylation sites (tertiary alicyclic amines) is 1. The Bertz CT molecular complexity index is 911. The number of pyridine rings is 1. The van der Waals surface area contributed by atoms with Crippen LogP contribution >= 0.6 is 0 Å². The maximum absolute atomic E-state index is 12.4. The number of aliphatic hydroxyl groups is 1. The number of carbonyl (C=O) groups excluding carboxylic acids is 1. The quantitative estimate of drug-likeness (QED) is 0.710. The van der Waals surface area contributed by atoms with Crippen molar-refractivity contribution < 1.29 is 9.90 Å². The zero-order chi connectivity index (χ0) is 18.6. The van der Waals surface area contributed by atoms with Gasteiger partial charge in [-0.15, -0.1) is 0 Å². The van der Waals surface area contributed by atoms with Gasteiger partial charge in [-0.25, -0.2) is 0 Å². The van der Waals surface area contributed by atoms with Crippen LogP contribution in [-0.4, -0.2) is 55.9 Å². The van der Waals surface area contributed by atoms with Gasteiger partial charge < -0.3 is 10.4 Å². The highest BCUT2D eigenvalue weighted by Gasteiger charge is 2.29. The van der Waals surface area contributed by atoms with Gasteiger partial charge in [0.2, 0.25) is 5.91 Å². The normalized spacial score (nSPS) is 20.6. The minimum absolute atomic E-state index is 0.131. The minimum atomic E-state index is -0.589. The molecule has 1 aromatic carbocycles. The number of fused-ring (bicyclic) bond motifs is 1. The first-order valence-electron chi connectivity index (χ1n) is 9.18. The number of hydrogen-bond acceptors (Lipinski definition) is 5. The molecule has 1 fully saturated rings. The Morgan fingerprint density at radius 3 is 2.93 bits per heavy atom. The summed E-state index contributed by atoms with van der Waals surface area (Å²) < 4.78 is 1.69. The molecule has 140 valence electrons. The second-order valence-electron chi connectivity index (χ2n) is 6.99. The molecule has 27 heavy (non-hydrogen) atoms. The van der Waals surface area contributed by atoms with Crippen LogP contribution < -0.4 is 5.32 Å². The van der Waals surface area contributed by atoms with Gasteiger partial charge in [-0.05, 0) is 24.1 Å². The van der Waals surface area contributed by atoms with E-state index in [1.807, 2.05) is 42.6 Å². The molecule has 2 N–H and O–H groups in total. The smallest absolute Gasteiger partial charge is 0.242 e. The van der Waals surface area contributed by atoms with Crippen molar-refractivity contribution in [2.45, 2.75) is 31.7 Å². The first-order valence-corrected chi connectivity index (χ1v) is 9.18. The lowest BCUT2D eigenvalue weighted by molar-refractivity contribution is -0.124. The fraction of sp³-hybridized carbons (Fsp3) is 0.350. The van der Waals surface area contributed by atoms with Gasteiger partial charge in [-0.1, -0.05) is 24.3 Å². The van der Waals surface area contributed by atoms with Crippen LogP contribution in [0.5, 0.6) is 0 Å². The second-order valence-corrected chi connectivity index (χ2v) is 6.99. The molecule has 7 nitrogen and oxygen atoms in total. The average molecular weight is 365 g/mol. The van der Waals surface area contributed by atoms with E-state index < -0.39 is 6.10 Å². The number of hydrogen-bond donors (Lipinski definition) is 2. The topological polar surface area (TPSA) is 83.3 Å². The van der Waals surface area contributed by atoms with Gasteiger partial charge in [0.1, 0.15) is 6.54 Å². The monoisotopic (exact) mass is 365 g/mol. The fourth-order valence-electron chi connectivity index (χ4n) is 3.60. The Morgan fingerprint density at radius 1 is 1.22 bits per heavy atom. The highest BCUT2D eigenvalue weighted by molar-refractivity contribution is 5.82. The lowest BCUT2D eigenvalue weighted by Gasteiger charge is -2.36. The standard InChI is InChI=1S/C20H23N5O2/c26-19-13-24(12-15-4-3-8-21-10-15)9-7-17(19)23-20(27)14-25-18-6-2-1-5-16(18)11-22-25/h1-6,8,10-11,17,19,26H,7,9,12-14H2,(H,23,27)/t17-,19-/m1/s1. The number of β-amino-alcohol motifs (C(OH)–C–C–N with tert-alkyl or cyclic N) is 1. The summed E-state index contributed by atoms with van der Waals surface area (Å²) in [6.45, 7) is 2.26. The minimum Gasteiger partial charge on any atom is -0.390 e. The van der Waals surface area contributed by atoms with Crippen molar-refractivity contribution in [3.63, 3.8) is 0 Å². The van der Waals surface area contributed by atoms with E-state index in [4.69, 9.17) is 0 Å². The van der Waals surface area contributed by atoms with Crippen LogP contribution in [0.4, 0.5) is 0 Å². The van der Waals surface area contributed by atoms with E-state index in [0.717, 1.165) is 29.6 Å². The third kappa shape index (κ3) is 4.15. The van der Waals surface area contributed by atoms with Gasteiger partial charge in [0, 0.05) is 37.4 Å². The van der Waals surface area contributed by atoms with Gasteiger partial charge in [-0.2, -0.15) is 5.10 Å². The van der Waals surface area contributed by atoms with E-state index in [1.165, 1.54) is 0 Å². The van der Waals surface area contributed by atoms with Crippen molar-refractivity contribution in [3.05, 3.63) is 60.6 Å². The van der Waals surface area contributed by atoms with Crippen LogP contribution in [0.1, 0.15) is 12.0 Å². The van der Waals surface area contributed by atoms with Crippen molar-refractivity contribution in [3.8, 4) is 0 Å². The van der Waals surface area contributed by atoms with Crippen molar-refractivity contribution in [2.24, 2.45) is 0 Å². The molecule has 1 aliphatic heterocycles. The Kier molecular flexibility index (Phi) is 5.13. The summed E-state index contributed by atoms with van der Waals surface area (Å²) in [7, 11) is 0. The summed E-state index contributed by atoms with van der Waals surface area (Å²) in [5.41, 5.74) is 2.05. The zero-order valence-corrected chi connectivity index (χ0v) is 15.0. The molecule has 0 bridgehead atoms. The average Bonchev–Trinajstić information content (AvgIpc) is 3.08. The molecule has 0 radical (unpaired) electrons. The van der Waals surface area contributed by atoms with Gasteiger partial charge >= 0.3 is 0 Å². The van der Waals surface area contributed by atoms with Crippen LogP contribution in [0.15, 0.2) is 55.0 Å². The third-order valence-corrected chi connectivity index (χ3v) is 4.99. The van der Waals surface area contributed by atoms with Crippen LogP contribution in [0.2, 0.25) is 0 Å². The first kappa shape index (κ1) is 17.6. The number of piperidine rings is 1. The summed E-state index contributed by atoms with van der Waals surface area (Å²) in [5.74, 6) is -0.131. The van der Waals surface area contributed by atoms with Crippen LogP contribution in [0.3, 0.4) is 0 Å². The summed E-state index contributed by atoms with van der Waals surface area (Å²) in [6, 6.07) is 11.5. The number of carbonyl (C=O) groups is 1. The van der Waals surface area contributed by atoms with Crippen molar-refractivity contribution in [1.29, 1.82) is 0 Å². The molecule has 0 aliphatic carbocycles. The molecule has 1 aliphatic rings. The Labute approximate surface area is 157 Å². The van der Waals surface area contributed by atoms with E-state index >= 15 is 0 Å². The number of para-hydroxylation sites is 1. The lowest BCUT2D eigenvalue weighted by Crippen LogP contribution is -2.54. The van der Waals surface area contributed by atoms with E-state index in [2.05, 4.69) is 20.3 Å². The van der Waals surface area contributed by atoms with Gasteiger partial charge in [0.15, 0.2) is 0 Å². The maximum atomic E-state index is 12.4. The molecule has 1 amide bonds. The molecule has 0 unspecified atom stereocenters. The summed E-state index contributed by atoms with van der Waals surface area (Å²) in [6.07, 6.45) is 5.48. The molecular formula is C20H23N5O2. The van der Waals surface area contributed by atoms with E-state index in [9.17, 15) is 9.90 Å². The van der Waals surface area contributed by atoms with Crippen LogP contribution in [0.25, 0.3) is 10.9 Å². The van der Waals surface area contributed by atoms with E-state index in [0.29, 0.717) is 13.0 Å². The predicted molar refractivity (Wildman–Crippen MR) is 102 cm³/mol. The number of rotatable bonds is 5. The summed E-state index contributed by atoms with van der Waals surface area (Å²) >= 11 is 0. The van der Waals surface area contributed by atoms with Crippen LogP contribution in [0, 0.1) is 0 Å². The van der Waals surface area contributed by atoms with Crippen molar-refractivity contribution >= 4 is 16.8 Å². The Balaban J connectivity index is 1.31. The van der Waals surface area contributed by atoms with Gasteiger partial charge in [0.05, 0.1) is 23.9 Å². The number of amides is 1. The first-order chi connectivity index (χ1) is 13.2. The SMILES string of the molecule is O=C(Cn1ncc2ccccc21)N[C@@H]1CCN(Cc2cccnc2)C[C@H]1O. The molecule has 3 heterocycles. The largest absolute Gasteiger partial charge is 0.390 e. The molecule has 3 aromatic rings. The Hall–Kier alpha value is -2.77. The number of aliphatic hydroxyl groups excluding tert-OH is 1. The molecule has 4 rings (SSSR count). The highest BCUT2D eigenvalue weighted by atomic mass is 16.3. The molecular weight excluding hydrogens is 342 g/mol. The van der Waals surface area contributed by atoms with Gasteiger partial charge in [-0.3, -0.25) is 19.4 Å². The van der Waals surface area contributed by atoms with Crippen molar-refractivity contribution in [1.82, 2.24) is 25.0 Å². The number of nitrogens with zero attached hydrogens (tertiary/aromatic N) is 4.